The summed E-state index contributed by atoms with van der Waals surface area (Å²) in [4.78, 5) is 5.56. The molecule has 0 spiro atoms. The van der Waals surface area contributed by atoms with Crippen LogP contribution in [0.15, 0.2) is 154 Å². The number of benzene rings is 2. The average Bonchev–Trinajstić information content (AvgIpc) is 3.85. The van der Waals surface area contributed by atoms with E-state index in [1.807, 2.05) is 0 Å². The molecule has 5 unspecified atom stereocenters. The Morgan fingerprint density at radius 2 is 1.65 bits per heavy atom. The third-order valence-electron chi connectivity index (χ3n) is 14.4. The number of hydrogen-bond donors (Lipinski definition) is 0. The minimum Gasteiger partial charge on any atom is -0.494 e. The van der Waals surface area contributed by atoms with Crippen molar-refractivity contribution >= 4 is 11.4 Å². The molecule has 7 aliphatic carbocycles. The minimum atomic E-state index is 0.0500. The molecule has 2 aromatic carbocycles. The highest BCUT2D eigenvalue weighted by atomic mass is 16.5. The quantitative estimate of drug-likeness (QED) is 0.307. The highest BCUT2D eigenvalue weighted by Gasteiger charge is 2.49. The first-order valence-electron chi connectivity index (χ1n) is 21.3. The summed E-state index contributed by atoms with van der Waals surface area (Å²) in [5.41, 5.74) is 18.1. The van der Waals surface area contributed by atoms with Gasteiger partial charge in [-0.3, -0.25) is 0 Å². The smallest absolute Gasteiger partial charge is 0.111 e. The lowest BCUT2D eigenvalue weighted by Crippen LogP contribution is -2.38. The fraction of sp³-hybridized carbons (Fsp3) is 0.412. The van der Waals surface area contributed by atoms with Gasteiger partial charge in [-0.1, -0.05) is 98.9 Å². The van der Waals surface area contributed by atoms with Crippen molar-refractivity contribution in [2.45, 2.75) is 121 Å². The summed E-state index contributed by atoms with van der Waals surface area (Å²) in [6, 6.07) is 19.2. The lowest BCUT2D eigenvalue weighted by atomic mass is 9.78. The SMILES string of the molecule is CC1(C)C2=CCCC=C2C2=C(N(C3=CC4c5ccccc5N(c5ccc(C6C=CC=CC6)cc5)C4CC3)C3=CCCC4OC5=C(CCCC5)C34)CCC=C21. The summed E-state index contributed by atoms with van der Waals surface area (Å²) in [6.45, 7) is 4.96. The van der Waals surface area contributed by atoms with Gasteiger partial charge >= 0.3 is 0 Å². The molecule has 2 heterocycles. The van der Waals surface area contributed by atoms with E-state index < -0.39 is 0 Å². The molecule has 54 heavy (non-hydrogen) atoms. The molecule has 11 rings (SSSR count). The maximum absolute atomic E-state index is 6.89. The van der Waals surface area contributed by atoms with Gasteiger partial charge in [0.1, 0.15) is 6.10 Å². The molecule has 0 N–H and O–H groups in total. The molecule has 9 aliphatic rings. The first-order valence-corrected chi connectivity index (χ1v) is 21.3. The molecule has 0 aromatic heterocycles. The molecular weight excluding hydrogens is 657 g/mol. The second kappa shape index (κ2) is 12.8. The highest BCUT2D eigenvalue weighted by molar-refractivity contribution is 5.75. The van der Waals surface area contributed by atoms with Crippen LogP contribution >= 0.6 is 0 Å². The average molecular weight is 711 g/mol. The van der Waals surface area contributed by atoms with Gasteiger partial charge in [0.15, 0.2) is 0 Å². The van der Waals surface area contributed by atoms with Crippen LogP contribution in [-0.4, -0.2) is 17.0 Å². The lowest BCUT2D eigenvalue weighted by molar-refractivity contribution is 0.0969. The number of rotatable bonds is 5. The molecule has 1 fully saturated rings. The number of anilines is 2. The van der Waals surface area contributed by atoms with Gasteiger partial charge in [0, 0.05) is 63.8 Å². The van der Waals surface area contributed by atoms with E-state index in [4.69, 9.17) is 4.74 Å². The Morgan fingerprint density at radius 1 is 0.796 bits per heavy atom. The van der Waals surface area contributed by atoms with Gasteiger partial charge in [-0.2, -0.15) is 0 Å². The predicted octanol–water partition coefficient (Wildman–Crippen LogP) is 13.1. The zero-order valence-corrected chi connectivity index (χ0v) is 32.2. The maximum Gasteiger partial charge on any atom is 0.111 e. The van der Waals surface area contributed by atoms with Gasteiger partial charge in [-0.05, 0) is 129 Å². The van der Waals surface area contributed by atoms with Crippen molar-refractivity contribution in [3.63, 3.8) is 0 Å². The van der Waals surface area contributed by atoms with Gasteiger partial charge < -0.3 is 14.5 Å². The van der Waals surface area contributed by atoms with Crippen LogP contribution in [0.1, 0.15) is 120 Å². The monoisotopic (exact) mass is 710 g/mol. The number of nitrogens with zero attached hydrogens (tertiary/aromatic N) is 2. The zero-order chi connectivity index (χ0) is 36.0. The summed E-state index contributed by atoms with van der Waals surface area (Å²) in [5.74, 6) is 2.53. The van der Waals surface area contributed by atoms with E-state index in [0.717, 1.165) is 64.2 Å². The van der Waals surface area contributed by atoms with E-state index >= 15 is 0 Å². The topological polar surface area (TPSA) is 15.7 Å². The van der Waals surface area contributed by atoms with Crippen LogP contribution in [0.5, 0.6) is 0 Å². The van der Waals surface area contributed by atoms with E-state index in [0.29, 0.717) is 23.8 Å². The van der Waals surface area contributed by atoms with Gasteiger partial charge in [0.25, 0.3) is 0 Å². The molecule has 3 nitrogen and oxygen atoms in total. The number of fused-ring (bicyclic) bond motifs is 8. The Hall–Kier alpha value is -4.50. The Balaban J connectivity index is 1.04. The number of para-hydroxylation sites is 1. The fourth-order valence-electron chi connectivity index (χ4n) is 12.0. The van der Waals surface area contributed by atoms with Gasteiger partial charge in [-0.25, -0.2) is 0 Å². The second-order valence-corrected chi connectivity index (χ2v) is 17.7. The summed E-state index contributed by atoms with van der Waals surface area (Å²) in [7, 11) is 0. The third kappa shape index (κ3) is 4.99. The second-order valence-electron chi connectivity index (χ2n) is 17.7. The van der Waals surface area contributed by atoms with E-state index in [9.17, 15) is 0 Å². The summed E-state index contributed by atoms with van der Waals surface area (Å²) < 4.78 is 6.89. The normalized spacial score (nSPS) is 30.1. The lowest BCUT2D eigenvalue weighted by Gasteiger charge is -2.43. The molecule has 5 atom stereocenters. The Kier molecular flexibility index (Phi) is 7.79. The van der Waals surface area contributed by atoms with Gasteiger partial charge in [0.2, 0.25) is 0 Å². The molecule has 0 saturated heterocycles. The number of ether oxygens (including phenoxy) is 1. The van der Waals surface area contributed by atoms with Crippen LogP contribution in [0, 0.1) is 11.3 Å². The summed E-state index contributed by atoms with van der Waals surface area (Å²) in [5, 5.41) is 0. The highest BCUT2D eigenvalue weighted by Crippen LogP contribution is 2.60. The Bertz CT molecular complexity index is 2190. The van der Waals surface area contributed by atoms with Crippen molar-refractivity contribution in [1.82, 2.24) is 4.90 Å². The van der Waals surface area contributed by atoms with Crippen molar-refractivity contribution in [2.75, 3.05) is 4.90 Å². The summed E-state index contributed by atoms with van der Waals surface area (Å²) in [6.07, 6.45) is 37.3. The molecule has 0 bridgehead atoms. The van der Waals surface area contributed by atoms with Crippen LogP contribution in [0.2, 0.25) is 0 Å². The zero-order valence-electron chi connectivity index (χ0n) is 32.2. The van der Waals surface area contributed by atoms with Crippen LogP contribution < -0.4 is 4.90 Å². The molecule has 1 saturated carbocycles. The van der Waals surface area contributed by atoms with Gasteiger partial charge in [0.05, 0.1) is 11.7 Å². The summed E-state index contributed by atoms with van der Waals surface area (Å²) >= 11 is 0. The van der Waals surface area contributed by atoms with Crippen LogP contribution in [0.3, 0.4) is 0 Å². The number of allylic oxidation sites excluding steroid dienone is 15. The molecule has 3 heteroatoms. The van der Waals surface area contributed by atoms with E-state index in [1.165, 1.54) is 64.5 Å². The van der Waals surface area contributed by atoms with Crippen LogP contribution in [0.4, 0.5) is 11.4 Å². The molecule has 2 aliphatic heterocycles. The van der Waals surface area contributed by atoms with Crippen molar-refractivity contribution < 1.29 is 4.74 Å². The standard InChI is InChI=1S/C51H54N2O/c1-51(2)41-19-9-6-17-38(41)49-42(51)20-12-22-45(49)53(46-23-13-25-48-50(46)39-18-8-11-24-47(39)54-48)36-30-31-44-40(32-36)37-16-7-10-21-43(37)52(44)35-28-26-34(27-29-35)33-14-4-3-5-15-33/h3-5,7,10,14,16-17,19-21,23,26-29,32-33,40,44,48,50H,6,8-9,11-13,15,18,22,24-25,30-31H2,1-2H3. The first kappa shape index (κ1) is 32.9. The largest absolute Gasteiger partial charge is 0.494 e. The third-order valence-corrected chi connectivity index (χ3v) is 14.4. The van der Waals surface area contributed by atoms with Crippen LogP contribution in [0.25, 0.3) is 0 Å². The number of hydrogen-bond acceptors (Lipinski definition) is 3. The fourth-order valence-corrected chi connectivity index (χ4v) is 12.0. The van der Waals surface area contributed by atoms with E-state index in [2.05, 4.69) is 127 Å². The van der Waals surface area contributed by atoms with Crippen molar-refractivity contribution in [2.24, 2.45) is 11.3 Å². The van der Waals surface area contributed by atoms with Crippen molar-refractivity contribution in [3.05, 3.63) is 165 Å². The first-order chi connectivity index (χ1) is 26.6. The molecule has 0 amide bonds. The van der Waals surface area contributed by atoms with E-state index in [-0.39, 0.29) is 11.5 Å². The predicted molar refractivity (Wildman–Crippen MR) is 221 cm³/mol. The van der Waals surface area contributed by atoms with Crippen molar-refractivity contribution in [1.29, 1.82) is 0 Å². The molecule has 2 aromatic rings. The Labute approximate surface area is 322 Å². The molecule has 274 valence electrons. The van der Waals surface area contributed by atoms with E-state index in [1.54, 1.807) is 28.0 Å². The van der Waals surface area contributed by atoms with Crippen molar-refractivity contribution in [3.8, 4) is 0 Å². The Morgan fingerprint density at radius 3 is 2.54 bits per heavy atom. The molecular formula is C51H54N2O. The maximum atomic E-state index is 6.89. The van der Waals surface area contributed by atoms with Crippen LogP contribution in [-0.2, 0) is 4.74 Å². The minimum absolute atomic E-state index is 0.0500. The van der Waals surface area contributed by atoms with Gasteiger partial charge in [-0.15, -0.1) is 0 Å². The molecule has 0 radical (unpaired) electrons.